The molecule has 0 fully saturated rings. The van der Waals surface area contributed by atoms with E-state index in [4.69, 9.17) is 4.74 Å². The van der Waals surface area contributed by atoms with Gasteiger partial charge in [0, 0.05) is 41.8 Å². The number of carbonyl (C=O) groups excluding carboxylic acids is 3. The third kappa shape index (κ3) is 4.63. The largest absolute Gasteiger partial charge is 0.451 e. The van der Waals surface area contributed by atoms with Crippen LogP contribution in [0.25, 0.3) is 15.9 Å². The maximum atomic E-state index is 13.0. The van der Waals surface area contributed by atoms with Gasteiger partial charge < -0.3 is 19.9 Å². The van der Waals surface area contributed by atoms with Crippen LogP contribution in [0.3, 0.4) is 0 Å². The third-order valence-electron chi connectivity index (χ3n) is 4.98. The van der Waals surface area contributed by atoms with Crippen LogP contribution in [-0.4, -0.2) is 41.0 Å². The van der Waals surface area contributed by atoms with Crippen molar-refractivity contribution >= 4 is 45.0 Å². The molecule has 33 heavy (non-hydrogen) atoms. The summed E-state index contributed by atoms with van der Waals surface area (Å²) in [5.41, 5.74) is 3.40. The van der Waals surface area contributed by atoms with Crippen molar-refractivity contribution in [2.75, 3.05) is 19.0 Å². The highest BCUT2D eigenvalue weighted by Crippen LogP contribution is 2.36. The molecule has 168 valence electrons. The van der Waals surface area contributed by atoms with Gasteiger partial charge in [-0.25, -0.2) is 9.78 Å². The molecule has 0 aliphatic carbocycles. The summed E-state index contributed by atoms with van der Waals surface area (Å²) in [5, 5.41) is 6.05. The normalized spacial score (nSPS) is 10.8. The number of benzene rings is 1. The van der Waals surface area contributed by atoms with Crippen molar-refractivity contribution in [3.05, 3.63) is 76.6 Å². The van der Waals surface area contributed by atoms with Crippen LogP contribution in [0.4, 0.5) is 5.69 Å². The number of aromatic nitrogens is 2. The molecule has 3 aromatic heterocycles. The molecule has 0 unspecified atom stereocenters. The highest BCUT2D eigenvalue weighted by Gasteiger charge is 2.24. The second-order valence-corrected chi connectivity index (χ2v) is 8.41. The second-order valence-electron chi connectivity index (χ2n) is 7.42. The number of hydrogen-bond donors (Lipinski definition) is 2. The van der Waals surface area contributed by atoms with Crippen molar-refractivity contribution in [2.24, 2.45) is 0 Å². The molecular weight excluding hydrogens is 440 g/mol. The van der Waals surface area contributed by atoms with Crippen molar-refractivity contribution < 1.29 is 19.1 Å². The lowest BCUT2D eigenvalue weighted by atomic mass is 10.1. The van der Waals surface area contributed by atoms with Crippen LogP contribution in [0.2, 0.25) is 0 Å². The predicted molar refractivity (Wildman–Crippen MR) is 127 cm³/mol. The average molecular weight is 463 g/mol. The van der Waals surface area contributed by atoms with Crippen molar-refractivity contribution in [3.8, 4) is 5.69 Å². The number of amides is 2. The van der Waals surface area contributed by atoms with Crippen molar-refractivity contribution in [1.82, 2.24) is 14.9 Å². The number of rotatable bonds is 6. The first-order chi connectivity index (χ1) is 15.9. The lowest BCUT2D eigenvalue weighted by Crippen LogP contribution is -2.22. The minimum Gasteiger partial charge on any atom is -0.451 e. The fourth-order valence-electron chi connectivity index (χ4n) is 3.57. The van der Waals surface area contributed by atoms with Gasteiger partial charge in [0.15, 0.2) is 6.61 Å². The molecule has 2 N–H and O–H groups in total. The van der Waals surface area contributed by atoms with Crippen molar-refractivity contribution in [1.29, 1.82) is 0 Å². The maximum Gasteiger partial charge on any atom is 0.351 e. The molecule has 3 heterocycles. The Morgan fingerprint density at radius 2 is 1.85 bits per heavy atom. The van der Waals surface area contributed by atoms with E-state index in [0.717, 1.165) is 21.5 Å². The first-order valence-corrected chi connectivity index (χ1v) is 11.0. The minimum atomic E-state index is -0.604. The number of nitrogens with one attached hydrogen (secondary N) is 2. The Balaban J connectivity index is 1.54. The highest BCUT2D eigenvalue weighted by molar-refractivity contribution is 7.21. The number of thiophene rings is 1. The number of hydrogen-bond acceptors (Lipinski definition) is 6. The summed E-state index contributed by atoms with van der Waals surface area (Å²) in [6, 6.07) is 12.2. The molecule has 0 aliphatic heterocycles. The molecule has 0 aliphatic rings. The van der Waals surface area contributed by atoms with Crippen molar-refractivity contribution in [2.45, 2.75) is 13.8 Å². The SMILES string of the molecule is CNC(=O)c1cccc(NC(=O)COC(=O)c2sc3nc(C)cc(C)c3c2-n2cccc2)c1. The van der Waals surface area contributed by atoms with Crippen molar-refractivity contribution in [3.63, 3.8) is 0 Å². The number of carbonyl (C=O) groups is 3. The van der Waals surface area contributed by atoms with Crippen LogP contribution in [-0.2, 0) is 9.53 Å². The second kappa shape index (κ2) is 9.25. The molecule has 0 spiro atoms. The molecule has 8 nitrogen and oxygen atoms in total. The van der Waals surface area contributed by atoms with Crippen LogP contribution in [0, 0.1) is 13.8 Å². The number of aryl methyl sites for hydroxylation is 2. The quantitative estimate of drug-likeness (QED) is 0.424. The fraction of sp³-hybridized carbons (Fsp3) is 0.167. The van der Waals surface area contributed by atoms with E-state index in [1.165, 1.54) is 18.4 Å². The van der Waals surface area contributed by atoms with Gasteiger partial charge in [-0.15, -0.1) is 11.3 Å². The maximum absolute atomic E-state index is 13.0. The fourth-order valence-corrected chi connectivity index (χ4v) is 4.76. The van der Waals surface area contributed by atoms with Gasteiger partial charge in [-0.05, 0) is 55.8 Å². The van der Waals surface area contributed by atoms with Gasteiger partial charge in [-0.3, -0.25) is 9.59 Å². The summed E-state index contributed by atoms with van der Waals surface area (Å²) >= 11 is 1.24. The Hall–Kier alpha value is -3.98. The Morgan fingerprint density at radius 1 is 1.09 bits per heavy atom. The number of ether oxygens (including phenoxy) is 1. The molecule has 0 bridgehead atoms. The zero-order valence-corrected chi connectivity index (χ0v) is 19.2. The number of fused-ring (bicyclic) bond motifs is 1. The molecule has 4 aromatic rings. The Labute approximate surface area is 194 Å². The van der Waals surface area contributed by atoms with Gasteiger partial charge in [0.2, 0.25) is 0 Å². The highest BCUT2D eigenvalue weighted by atomic mass is 32.1. The zero-order valence-electron chi connectivity index (χ0n) is 18.3. The van der Waals surface area contributed by atoms with E-state index in [1.54, 1.807) is 24.3 Å². The van der Waals surface area contributed by atoms with E-state index < -0.39 is 18.5 Å². The Kier molecular flexibility index (Phi) is 6.23. The molecule has 0 atom stereocenters. The first-order valence-electron chi connectivity index (χ1n) is 10.2. The van der Waals surface area contributed by atoms with Crippen LogP contribution in [0.5, 0.6) is 0 Å². The van der Waals surface area contributed by atoms with Crippen LogP contribution in [0.15, 0.2) is 54.9 Å². The number of nitrogens with zero attached hydrogens (tertiary/aromatic N) is 2. The van der Waals surface area contributed by atoms with E-state index >= 15 is 0 Å². The molecule has 0 saturated heterocycles. The van der Waals surface area contributed by atoms with Gasteiger partial charge in [-0.2, -0.15) is 0 Å². The van der Waals surface area contributed by atoms with E-state index in [1.807, 2.05) is 49.0 Å². The third-order valence-corrected chi connectivity index (χ3v) is 6.03. The number of anilines is 1. The molecule has 1 aromatic carbocycles. The monoisotopic (exact) mass is 462 g/mol. The van der Waals surface area contributed by atoms with Gasteiger partial charge in [-0.1, -0.05) is 6.07 Å². The predicted octanol–water partition coefficient (Wildman–Crippen LogP) is 3.86. The zero-order chi connectivity index (χ0) is 23.5. The van der Waals surface area contributed by atoms with Gasteiger partial charge in [0.25, 0.3) is 11.8 Å². The summed E-state index contributed by atoms with van der Waals surface area (Å²) in [5.74, 6) is -1.38. The van der Waals surface area contributed by atoms with Crippen LogP contribution in [0.1, 0.15) is 31.3 Å². The van der Waals surface area contributed by atoms with E-state index in [9.17, 15) is 14.4 Å². The van der Waals surface area contributed by atoms with Crippen LogP contribution < -0.4 is 10.6 Å². The Morgan fingerprint density at radius 3 is 2.58 bits per heavy atom. The first kappa shape index (κ1) is 22.2. The molecule has 9 heteroatoms. The molecule has 2 amide bonds. The van der Waals surface area contributed by atoms with Gasteiger partial charge in [0.05, 0.1) is 5.69 Å². The lowest BCUT2D eigenvalue weighted by Gasteiger charge is -2.09. The van der Waals surface area contributed by atoms with E-state index in [-0.39, 0.29) is 5.91 Å². The van der Waals surface area contributed by atoms with E-state index in [0.29, 0.717) is 21.8 Å². The summed E-state index contributed by atoms with van der Waals surface area (Å²) < 4.78 is 7.19. The Bertz CT molecular complexity index is 1360. The van der Waals surface area contributed by atoms with E-state index in [2.05, 4.69) is 15.6 Å². The molecule has 0 saturated carbocycles. The molecule has 0 radical (unpaired) electrons. The molecule has 4 rings (SSSR count). The standard InChI is InChI=1S/C24H22N4O4S/c1-14-11-15(2)26-23-19(14)20(28-9-4-5-10-28)21(33-23)24(31)32-13-18(29)27-17-8-6-7-16(12-17)22(30)25-3/h4-12H,13H2,1-3H3,(H,25,30)(H,27,29). The topological polar surface area (TPSA) is 102 Å². The van der Waals surface area contributed by atoms with Gasteiger partial charge in [0.1, 0.15) is 9.71 Å². The minimum absolute atomic E-state index is 0.265. The average Bonchev–Trinajstić information content (AvgIpc) is 3.44. The lowest BCUT2D eigenvalue weighted by molar-refractivity contribution is -0.119. The number of esters is 1. The molecular formula is C24H22N4O4S. The number of pyridine rings is 1. The van der Waals surface area contributed by atoms with Gasteiger partial charge >= 0.3 is 5.97 Å². The smallest absolute Gasteiger partial charge is 0.351 e. The summed E-state index contributed by atoms with van der Waals surface area (Å²) in [4.78, 5) is 42.8. The summed E-state index contributed by atoms with van der Waals surface area (Å²) in [6.07, 6.45) is 3.70. The summed E-state index contributed by atoms with van der Waals surface area (Å²) in [7, 11) is 1.53. The summed E-state index contributed by atoms with van der Waals surface area (Å²) in [6.45, 7) is 3.42. The van der Waals surface area contributed by atoms with Crippen LogP contribution >= 0.6 is 11.3 Å².